The van der Waals surface area contributed by atoms with Crippen molar-refractivity contribution in [2.75, 3.05) is 0 Å². The molecule has 0 fully saturated rings. The van der Waals surface area contributed by atoms with Crippen LogP contribution in [0.2, 0.25) is 0 Å². The van der Waals surface area contributed by atoms with Crippen LogP contribution in [0.1, 0.15) is 33.2 Å². The van der Waals surface area contributed by atoms with Crippen molar-refractivity contribution in [1.82, 2.24) is 0 Å². The van der Waals surface area contributed by atoms with Crippen LogP contribution in [0.3, 0.4) is 0 Å². The lowest BCUT2D eigenvalue weighted by Gasteiger charge is -2.12. The molecule has 0 aliphatic heterocycles. The molecule has 6 heteroatoms. The van der Waals surface area contributed by atoms with Crippen molar-refractivity contribution in [3.63, 3.8) is 0 Å². The van der Waals surface area contributed by atoms with Gasteiger partial charge in [-0.3, -0.25) is 0 Å². The summed E-state index contributed by atoms with van der Waals surface area (Å²) in [6, 6.07) is 2.35. The zero-order valence-corrected chi connectivity index (χ0v) is 10.2. The number of esters is 1. The minimum atomic E-state index is -1.38. The largest absolute Gasteiger partial charge is 0.478 e. The van der Waals surface area contributed by atoms with E-state index >= 15 is 0 Å². The van der Waals surface area contributed by atoms with Gasteiger partial charge in [-0.2, -0.15) is 0 Å². The average Bonchev–Trinajstić information content (AvgIpc) is 2.37. The van der Waals surface area contributed by atoms with Crippen molar-refractivity contribution in [2.24, 2.45) is 0 Å². The SMILES string of the molecule is C=CC(=O)Oc1ccc(C(=O)O)c(C(=O)O)c1CC. The van der Waals surface area contributed by atoms with Gasteiger partial charge in [-0.1, -0.05) is 13.5 Å². The van der Waals surface area contributed by atoms with Crippen molar-refractivity contribution in [3.05, 3.63) is 41.5 Å². The van der Waals surface area contributed by atoms with Gasteiger partial charge < -0.3 is 14.9 Å². The zero-order chi connectivity index (χ0) is 14.6. The number of aromatic carboxylic acids is 2. The summed E-state index contributed by atoms with van der Waals surface area (Å²) in [6.07, 6.45) is 1.15. The number of carbonyl (C=O) groups excluding carboxylic acids is 1. The van der Waals surface area contributed by atoms with Gasteiger partial charge in [0.15, 0.2) is 0 Å². The molecular formula is C13H12O6. The highest BCUT2D eigenvalue weighted by Gasteiger charge is 2.23. The second-order valence-electron chi connectivity index (χ2n) is 3.55. The Labute approximate surface area is 108 Å². The number of carbonyl (C=O) groups is 3. The second kappa shape index (κ2) is 5.81. The topological polar surface area (TPSA) is 101 Å². The lowest BCUT2D eigenvalue weighted by molar-refractivity contribution is -0.129. The molecule has 0 saturated carbocycles. The molecule has 0 spiro atoms. The van der Waals surface area contributed by atoms with Crippen molar-refractivity contribution in [2.45, 2.75) is 13.3 Å². The third-order valence-corrected chi connectivity index (χ3v) is 2.44. The Kier molecular flexibility index (Phi) is 4.41. The van der Waals surface area contributed by atoms with Crippen LogP contribution in [-0.2, 0) is 11.2 Å². The third kappa shape index (κ3) is 2.98. The van der Waals surface area contributed by atoms with Gasteiger partial charge in [-0.15, -0.1) is 0 Å². The molecule has 0 aromatic heterocycles. The number of ether oxygens (including phenoxy) is 1. The van der Waals surface area contributed by atoms with E-state index in [0.717, 1.165) is 12.1 Å². The predicted molar refractivity (Wildman–Crippen MR) is 65.6 cm³/mol. The van der Waals surface area contributed by atoms with Crippen LogP contribution in [0.25, 0.3) is 0 Å². The first-order chi connectivity index (χ1) is 8.92. The summed E-state index contributed by atoms with van der Waals surface area (Å²) in [4.78, 5) is 33.3. The van der Waals surface area contributed by atoms with E-state index < -0.39 is 17.9 Å². The van der Waals surface area contributed by atoms with E-state index in [1.165, 1.54) is 6.07 Å². The summed E-state index contributed by atoms with van der Waals surface area (Å²) in [5, 5.41) is 18.1. The Hall–Kier alpha value is -2.63. The minimum Gasteiger partial charge on any atom is -0.478 e. The summed E-state index contributed by atoms with van der Waals surface area (Å²) < 4.78 is 4.90. The maximum absolute atomic E-state index is 11.2. The van der Waals surface area contributed by atoms with Crippen molar-refractivity contribution in [1.29, 1.82) is 0 Å². The van der Waals surface area contributed by atoms with Gasteiger partial charge in [0, 0.05) is 11.6 Å². The molecule has 0 unspecified atom stereocenters. The van der Waals surface area contributed by atoms with Crippen LogP contribution >= 0.6 is 0 Å². The van der Waals surface area contributed by atoms with Crippen LogP contribution in [0.4, 0.5) is 0 Å². The monoisotopic (exact) mass is 264 g/mol. The fraction of sp³-hybridized carbons (Fsp3) is 0.154. The summed E-state index contributed by atoms with van der Waals surface area (Å²) in [5.74, 6) is -3.46. The number of benzene rings is 1. The molecule has 1 aromatic carbocycles. The zero-order valence-electron chi connectivity index (χ0n) is 10.2. The van der Waals surface area contributed by atoms with Crippen LogP contribution in [0, 0.1) is 0 Å². The highest BCUT2D eigenvalue weighted by Crippen LogP contribution is 2.27. The average molecular weight is 264 g/mol. The van der Waals surface area contributed by atoms with E-state index in [9.17, 15) is 14.4 Å². The Morgan fingerprint density at radius 3 is 2.32 bits per heavy atom. The normalized spacial score (nSPS) is 9.74. The Morgan fingerprint density at radius 1 is 1.26 bits per heavy atom. The Bertz CT molecular complexity index is 558. The van der Waals surface area contributed by atoms with Crippen LogP contribution < -0.4 is 4.74 Å². The van der Waals surface area contributed by atoms with Gasteiger partial charge in [0.1, 0.15) is 5.75 Å². The lowest BCUT2D eigenvalue weighted by Crippen LogP contribution is -2.14. The van der Waals surface area contributed by atoms with Crippen molar-refractivity contribution in [3.8, 4) is 5.75 Å². The first-order valence-electron chi connectivity index (χ1n) is 5.39. The molecule has 100 valence electrons. The number of hydrogen-bond donors (Lipinski definition) is 2. The van der Waals surface area contributed by atoms with Crippen LogP contribution in [-0.4, -0.2) is 28.1 Å². The summed E-state index contributed by atoms with van der Waals surface area (Å²) in [7, 11) is 0. The van der Waals surface area contributed by atoms with Gasteiger partial charge >= 0.3 is 17.9 Å². The van der Waals surface area contributed by atoms with Crippen molar-refractivity contribution >= 4 is 17.9 Å². The molecule has 1 aromatic rings. The Morgan fingerprint density at radius 2 is 1.89 bits per heavy atom. The minimum absolute atomic E-state index is 0.0230. The quantitative estimate of drug-likeness (QED) is 0.477. The smallest absolute Gasteiger partial charge is 0.336 e. The molecule has 0 radical (unpaired) electrons. The highest BCUT2D eigenvalue weighted by atomic mass is 16.5. The number of carboxylic acids is 2. The van der Waals surface area contributed by atoms with Crippen LogP contribution in [0.15, 0.2) is 24.8 Å². The van der Waals surface area contributed by atoms with E-state index in [-0.39, 0.29) is 28.9 Å². The first kappa shape index (κ1) is 14.4. The third-order valence-electron chi connectivity index (χ3n) is 2.44. The lowest BCUT2D eigenvalue weighted by atomic mass is 9.98. The number of carboxylic acid groups (broad SMARTS) is 2. The molecule has 0 saturated heterocycles. The van der Waals surface area contributed by atoms with Gasteiger partial charge in [0.25, 0.3) is 0 Å². The molecule has 0 atom stereocenters. The molecule has 0 heterocycles. The highest BCUT2D eigenvalue weighted by molar-refractivity contribution is 6.03. The number of hydrogen-bond acceptors (Lipinski definition) is 4. The molecule has 19 heavy (non-hydrogen) atoms. The molecule has 1 rings (SSSR count). The molecule has 0 bridgehead atoms. The van der Waals surface area contributed by atoms with Crippen LogP contribution in [0.5, 0.6) is 5.75 Å². The first-order valence-corrected chi connectivity index (χ1v) is 5.39. The van der Waals surface area contributed by atoms with E-state index in [1.54, 1.807) is 6.92 Å². The molecule has 0 amide bonds. The van der Waals surface area contributed by atoms with E-state index in [0.29, 0.717) is 0 Å². The van der Waals surface area contributed by atoms with Gasteiger partial charge in [0.05, 0.1) is 11.1 Å². The standard InChI is InChI=1S/C13H12O6/c1-3-7-9(19-10(14)4-2)6-5-8(12(15)16)11(7)13(17)18/h4-6H,2-3H2,1H3,(H,15,16)(H,17,18). The van der Waals surface area contributed by atoms with E-state index in [4.69, 9.17) is 14.9 Å². The van der Waals surface area contributed by atoms with Gasteiger partial charge in [0.2, 0.25) is 0 Å². The molecular weight excluding hydrogens is 252 g/mol. The fourth-order valence-electron chi connectivity index (χ4n) is 1.65. The van der Waals surface area contributed by atoms with E-state index in [1.807, 2.05) is 0 Å². The maximum atomic E-state index is 11.2. The predicted octanol–water partition coefficient (Wildman–Crippen LogP) is 1.74. The van der Waals surface area contributed by atoms with E-state index in [2.05, 4.69) is 6.58 Å². The van der Waals surface area contributed by atoms with Gasteiger partial charge in [-0.05, 0) is 18.6 Å². The molecule has 6 nitrogen and oxygen atoms in total. The molecule has 0 aliphatic carbocycles. The molecule has 2 N–H and O–H groups in total. The fourth-order valence-corrected chi connectivity index (χ4v) is 1.65. The van der Waals surface area contributed by atoms with Crippen molar-refractivity contribution < 1.29 is 29.3 Å². The second-order valence-corrected chi connectivity index (χ2v) is 3.55. The summed E-state index contributed by atoms with van der Waals surface area (Å²) >= 11 is 0. The summed E-state index contributed by atoms with van der Waals surface area (Å²) in [6.45, 7) is 4.87. The summed E-state index contributed by atoms with van der Waals surface area (Å²) in [5.41, 5.74) is -0.560. The van der Waals surface area contributed by atoms with Gasteiger partial charge in [-0.25, -0.2) is 14.4 Å². The maximum Gasteiger partial charge on any atom is 0.336 e. The molecule has 0 aliphatic rings. The Balaban J connectivity index is 3.48. The number of rotatable bonds is 5.